The van der Waals surface area contributed by atoms with E-state index in [9.17, 15) is 4.79 Å². The highest BCUT2D eigenvalue weighted by molar-refractivity contribution is 9.10. The topological polar surface area (TPSA) is 49.3 Å². The van der Waals surface area contributed by atoms with Gasteiger partial charge >= 0.3 is 5.97 Å². The van der Waals surface area contributed by atoms with Crippen molar-refractivity contribution in [2.24, 2.45) is 0 Å². The van der Waals surface area contributed by atoms with Crippen LogP contribution in [0.1, 0.15) is 18.1 Å². The third-order valence-corrected chi connectivity index (χ3v) is 3.44. The van der Waals surface area contributed by atoms with E-state index in [1.54, 1.807) is 6.92 Å². The number of carboxylic acid groups (broad SMARTS) is 1. The molecule has 2 N–H and O–H groups in total. The monoisotopic (exact) mass is 271 g/mol. The number of nitrogens with one attached hydrogen (secondary N) is 1. The molecule has 1 unspecified atom stereocenters. The third kappa shape index (κ3) is 2.96. The summed E-state index contributed by atoms with van der Waals surface area (Å²) in [5.41, 5.74) is 3.02. The van der Waals surface area contributed by atoms with E-state index >= 15 is 0 Å². The molecule has 0 fully saturated rings. The van der Waals surface area contributed by atoms with E-state index in [-0.39, 0.29) is 0 Å². The highest BCUT2D eigenvalue weighted by atomic mass is 79.9. The molecule has 1 aromatic carbocycles. The Morgan fingerprint density at radius 3 is 2.27 bits per heavy atom. The first-order chi connectivity index (χ1) is 6.91. The first-order valence-corrected chi connectivity index (χ1v) is 5.47. The van der Waals surface area contributed by atoms with Crippen molar-refractivity contribution in [1.82, 2.24) is 0 Å². The van der Waals surface area contributed by atoms with Crippen molar-refractivity contribution in [3.63, 3.8) is 0 Å². The predicted molar refractivity (Wildman–Crippen MR) is 64.3 cm³/mol. The van der Waals surface area contributed by atoms with Gasteiger partial charge in [-0.25, -0.2) is 0 Å². The minimum absolute atomic E-state index is 0.579. The van der Waals surface area contributed by atoms with Crippen molar-refractivity contribution in [2.75, 3.05) is 5.32 Å². The van der Waals surface area contributed by atoms with Crippen LogP contribution in [0.4, 0.5) is 5.69 Å². The summed E-state index contributed by atoms with van der Waals surface area (Å²) in [6.07, 6.45) is 0. The quantitative estimate of drug-likeness (QED) is 0.889. The Morgan fingerprint density at radius 1 is 1.40 bits per heavy atom. The fourth-order valence-electron chi connectivity index (χ4n) is 1.34. The van der Waals surface area contributed by atoms with Crippen molar-refractivity contribution < 1.29 is 9.90 Å². The number of hydrogen-bond acceptors (Lipinski definition) is 2. The third-order valence-electron chi connectivity index (χ3n) is 2.19. The summed E-state index contributed by atoms with van der Waals surface area (Å²) >= 11 is 3.46. The Hall–Kier alpha value is -1.03. The molecule has 4 heteroatoms. The van der Waals surface area contributed by atoms with Gasteiger partial charge in [-0.05, 0) is 44.0 Å². The van der Waals surface area contributed by atoms with Gasteiger partial charge in [-0.1, -0.05) is 15.9 Å². The van der Waals surface area contributed by atoms with Crippen LogP contribution >= 0.6 is 15.9 Å². The molecule has 0 spiro atoms. The van der Waals surface area contributed by atoms with Crippen LogP contribution in [0.3, 0.4) is 0 Å². The van der Waals surface area contributed by atoms with Gasteiger partial charge in [0.25, 0.3) is 0 Å². The second-order valence-corrected chi connectivity index (χ2v) is 4.42. The Balaban J connectivity index is 2.92. The number of aliphatic carboxylic acids is 1. The molecule has 0 aliphatic heterocycles. The summed E-state index contributed by atoms with van der Waals surface area (Å²) in [7, 11) is 0. The average Bonchev–Trinajstić information content (AvgIpc) is 2.13. The second-order valence-electron chi connectivity index (χ2n) is 3.63. The summed E-state index contributed by atoms with van der Waals surface area (Å²) < 4.78 is 1.07. The van der Waals surface area contributed by atoms with Crippen LogP contribution in [-0.2, 0) is 4.79 Å². The van der Waals surface area contributed by atoms with Gasteiger partial charge in [0.2, 0.25) is 0 Å². The number of carbonyl (C=O) groups is 1. The summed E-state index contributed by atoms with van der Waals surface area (Å²) in [4.78, 5) is 10.7. The smallest absolute Gasteiger partial charge is 0.325 e. The molecule has 0 saturated carbocycles. The zero-order chi connectivity index (χ0) is 11.6. The van der Waals surface area contributed by atoms with Gasteiger partial charge < -0.3 is 10.4 Å². The van der Waals surface area contributed by atoms with Crippen LogP contribution < -0.4 is 5.32 Å². The van der Waals surface area contributed by atoms with Crippen LogP contribution in [0.15, 0.2) is 16.6 Å². The molecular weight excluding hydrogens is 258 g/mol. The fraction of sp³-hybridized carbons (Fsp3) is 0.364. The molecule has 0 aliphatic rings. The van der Waals surface area contributed by atoms with Gasteiger partial charge in [-0.15, -0.1) is 0 Å². The molecule has 0 aliphatic carbocycles. The van der Waals surface area contributed by atoms with Crippen LogP contribution in [0.25, 0.3) is 0 Å². The summed E-state index contributed by atoms with van der Waals surface area (Å²) in [6, 6.07) is 3.28. The summed E-state index contributed by atoms with van der Waals surface area (Å²) in [6.45, 7) is 5.58. The zero-order valence-corrected chi connectivity index (χ0v) is 10.6. The van der Waals surface area contributed by atoms with Crippen LogP contribution in [0.5, 0.6) is 0 Å². The van der Waals surface area contributed by atoms with E-state index in [2.05, 4.69) is 21.2 Å². The fourth-order valence-corrected chi connectivity index (χ4v) is 1.57. The number of aryl methyl sites for hydroxylation is 2. The van der Waals surface area contributed by atoms with E-state index in [0.29, 0.717) is 0 Å². The number of hydrogen-bond donors (Lipinski definition) is 2. The second kappa shape index (κ2) is 4.66. The number of halogens is 1. The van der Waals surface area contributed by atoms with E-state index in [0.717, 1.165) is 21.3 Å². The standard InChI is InChI=1S/C11H14BrNO2/c1-6-4-9(5-7(2)10(6)12)13-8(3)11(14)15/h4-5,8,13H,1-3H3,(H,14,15). The van der Waals surface area contributed by atoms with Crippen LogP contribution in [0, 0.1) is 13.8 Å². The molecule has 0 amide bonds. The Labute approximate surface area is 97.6 Å². The van der Waals surface area contributed by atoms with Crippen molar-refractivity contribution >= 4 is 27.6 Å². The van der Waals surface area contributed by atoms with Crippen LogP contribution in [0.2, 0.25) is 0 Å². The lowest BCUT2D eigenvalue weighted by Gasteiger charge is -2.13. The molecule has 1 aromatic rings. The first kappa shape index (κ1) is 12.0. The molecular formula is C11H14BrNO2. The van der Waals surface area contributed by atoms with Crippen molar-refractivity contribution in [3.05, 3.63) is 27.7 Å². The minimum atomic E-state index is -0.853. The SMILES string of the molecule is Cc1cc(NC(C)C(=O)O)cc(C)c1Br. The molecule has 0 radical (unpaired) electrons. The van der Waals surface area contributed by atoms with Gasteiger partial charge in [0, 0.05) is 10.2 Å². The van der Waals surface area contributed by atoms with Gasteiger partial charge in [0.1, 0.15) is 6.04 Å². The van der Waals surface area contributed by atoms with Crippen LogP contribution in [-0.4, -0.2) is 17.1 Å². The largest absolute Gasteiger partial charge is 0.480 e. The van der Waals surface area contributed by atoms with Crippen molar-refractivity contribution in [1.29, 1.82) is 0 Å². The van der Waals surface area contributed by atoms with Gasteiger partial charge in [0.05, 0.1) is 0 Å². The Morgan fingerprint density at radius 2 is 1.87 bits per heavy atom. The average molecular weight is 272 g/mol. The maximum absolute atomic E-state index is 10.7. The summed E-state index contributed by atoms with van der Waals surface area (Å²) in [5.74, 6) is -0.853. The highest BCUT2D eigenvalue weighted by Gasteiger charge is 2.11. The number of rotatable bonds is 3. The van der Waals surface area contributed by atoms with E-state index in [1.165, 1.54) is 0 Å². The molecule has 3 nitrogen and oxygen atoms in total. The molecule has 1 atom stereocenters. The number of anilines is 1. The number of carboxylic acids is 1. The van der Waals surface area contributed by atoms with Crippen molar-refractivity contribution in [2.45, 2.75) is 26.8 Å². The molecule has 0 aromatic heterocycles. The molecule has 82 valence electrons. The Kier molecular flexibility index (Phi) is 3.74. The molecule has 1 rings (SSSR count). The summed E-state index contributed by atoms with van der Waals surface area (Å²) in [5, 5.41) is 11.7. The predicted octanol–water partition coefficient (Wildman–Crippen LogP) is 2.95. The Bertz CT molecular complexity index is 367. The molecule has 15 heavy (non-hydrogen) atoms. The maximum Gasteiger partial charge on any atom is 0.325 e. The first-order valence-electron chi connectivity index (χ1n) is 4.68. The zero-order valence-electron chi connectivity index (χ0n) is 8.97. The van der Waals surface area contributed by atoms with Gasteiger partial charge in [-0.2, -0.15) is 0 Å². The normalized spacial score (nSPS) is 12.3. The van der Waals surface area contributed by atoms with Crippen molar-refractivity contribution in [3.8, 4) is 0 Å². The molecule has 0 saturated heterocycles. The lowest BCUT2D eigenvalue weighted by Crippen LogP contribution is -2.25. The minimum Gasteiger partial charge on any atom is -0.480 e. The highest BCUT2D eigenvalue weighted by Crippen LogP contribution is 2.25. The van der Waals surface area contributed by atoms with Gasteiger partial charge in [0.15, 0.2) is 0 Å². The van der Waals surface area contributed by atoms with E-state index in [1.807, 2.05) is 26.0 Å². The molecule has 0 heterocycles. The van der Waals surface area contributed by atoms with Gasteiger partial charge in [-0.3, -0.25) is 4.79 Å². The lowest BCUT2D eigenvalue weighted by atomic mass is 10.1. The van der Waals surface area contributed by atoms with E-state index < -0.39 is 12.0 Å². The van der Waals surface area contributed by atoms with E-state index in [4.69, 9.17) is 5.11 Å². The maximum atomic E-state index is 10.7. The lowest BCUT2D eigenvalue weighted by molar-refractivity contribution is -0.137. The molecule has 0 bridgehead atoms. The number of benzene rings is 1.